The standard InChI is InChI=1S/C21H25N3O3/c1-14-6-5-7-16(12-14)13-22-19(26)21(3,4)20(27)24-18-10-8-17(9-11-18)23-15(2)25/h5-12H,13H2,1-4H3,(H,22,26)(H,23,25)(H,24,27). The number of hydrogen-bond donors (Lipinski definition) is 3. The Balaban J connectivity index is 1.96. The Hall–Kier alpha value is -3.15. The molecule has 0 aliphatic carbocycles. The number of anilines is 2. The van der Waals surface area contributed by atoms with Crippen molar-refractivity contribution >= 4 is 29.1 Å². The molecule has 2 rings (SSSR count). The molecule has 142 valence electrons. The number of carbonyl (C=O) groups excluding carboxylic acids is 3. The molecule has 3 N–H and O–H groups in total. The molecule has 6 nitrogen and oxygen atoms in total. The minimum Gasteiger partial charge on any atom is -0.351 e. The van der Waals surface area contributed by atoms with Crippen molar-refractivity contribution in [3.8, 4) is 0 Å². The summed E-state index contributed by atoms with van der Waals surface area (Å²) in [5.41, 5.74) is 2.04. The molecule has 27 heavy (non-hydrogen) atoms. The second kappa shape index (κ2) is 8.49. The van der Waals surface area contributed by atoms with E-state index in [0.717, 1.165) is 11.1 Å². The van der Waals surface area contributed by atoms with Crippen LogP contribution in [0.4, 0.5) is 11.4 Å². The zero-order valence-electron chi connectivity index (χ0n) is 16.1. The maximum Gasteiger partial charge on any atom is 0.239 e. The molecule has 0 aliphatic heterocycles. The molecule has 0 aliphatic rings. The lowest BCUT2D eigenvalue weighted by atomic mass is 9.90. The van der Waals surface area contributed by atoms with Gasteiger partial charge in [0.15, 0.2) is 0 Å². The highest BCUT2D eigenvalue weighted by molar-refractivity contribution is 6.09. The molecule has 2 aromatic rings. The van der Waals surface area contributed by atoms with Crippen molar-refractivity contribution in [3.63, 3.8) is 0 Å². The van der Waals surface area contributed by atoms with Gasteiger partial charge in [0, 0.05) is 24.8 Å². The van der Waals surface area contributed by atoms with Crippen LogP contribution in [0.2, 0.25) is 0 Å². The van der Waals surface area contributed by atoms with Crippen LogP contribution in [0.25, 0.3) is 0 Å². The van der Waals surface area contributed by atoms with Gasteiger partial charge in [0.2, 0.25) is 17.7 Å². The van der Waals surface area contributed by atoms with Crippen molar-refractivity contribution in [1.82, 2.24) is 5.32 Å². The van der Waals surface area contributed by atoms with Crippen LogP contribution in [0.3, 0.4) is 0 Å². The Labute approximate surface area is 159 Å². The number of hydrogen-bond acceptors (Lipinski definition) is 3. The van der Waals surface area contributed by atoms with E-state index in [9.17, 15) is 14.4 Å². The molecule has 6 heteroatoms. The molecule has 0 atom stereocenters. The lowest BCUT2D eigenvalue weighted by molar-refractivity contribution is -0.138. The molecule has 0 spiro atoms. The Morgan fingerprint density at radius 3 is 2.04 bits per heavy atom. The average Bonchev–Trinajstić information content (AvgIpc) is 2.60. The van der Waals surface area contributed by atoms with Gasteiger partial charge in [-0.2, -0.15) is 0 Å². The molecular formula is C21H25N3O3. The summed E-state index contributed by atoms with van der Waals surface area (Å²) >= 11 is 0. The highest BCUT2D eigenvalue weighted by atomic mass is 16.2. The third-order valence-electron chi connectivity index (χ3n) is 4.13. The van der Waals surface area contributed by atoms with E-state index in [0.29, 0.717) is 17.9 Å². The molecule has 0 fully saturated rings. The van der Waals surface area contributed by atoms with E-state index >= 15 is 0 Å². The molecule has 0 saturated heterocycles. The van der Waals surface area contributed by atoms with Gasteiger partial charge in [-0.3, -0.25) is 14.4 Å². The predicted octanol–water partition coefficient (Wildman–Crippen LogP) is 3.23. The maximum absolute atomic E-state index is 12.6. The van der Waals surface area contributed by atoms with Crippen LogP contribution in [-0.4, -0.2) is 17.7 Å². The summed E-state index contributed by atoms with van der Waals surface area (Å²) < 4.78 is 0. The summed E-state index contributed by atoms with van der Waals surface area (Å²) in [6.07, 6.45) is 0. The normalized spacial score (nSPS) is 10.8. The van der Waals surface area contributed by atoms with E-state index in [1.165, 1.54) is 6.92 Å². The van der Waals surface area contributed by atoms with Crippen molar-refractivity contribution in [1.29, 1.82) is 0 Å². The largest absolute Gasteiger partial charge is 0.351 e. The Bertz CT molecular complexity index is 842. The molecule has 0 radical (unpaired) electrons. The van der Waals surface area contributed by atoms with Crippen molar-refractivity contribution in [2.75, 3.05) is 10.6 Å². The number of nitrogens with one attached hydrogen (secondary N) is 3. The summed E-state index contributed by atoms with van der Waals surface area (Å²) in [4.78, 5) is 36.1. The third kappa shape index (κ3) is 5.67. The second-order valence-electron chi connectivity index (χ2n) is 7.01. The Morgan fingerprint density at radius 1 is 0.889 bits per heavy atom. The van der Waals surface area contributed by atoms with Gasteiger partial charge in [0.05, 0.1) is 0 Å². The third-order valence-corrected chi connectivity index (χ3v) is 4.13. The van der Waals surface area contributed by atoms with Crippen LogP contribution in [0.5, 0.6) is 0 Å². The fraction of sp³-hybridized carbons (Fsp3) is 0.286. The van der Waals surface area contributed by atoms with E-state index in [4.69, 9.17) is 0 Å². The first-order valence-corrected chi connectivity index (χ1v) is 8.71. The summed E-state index contributed by atoms with van der Waals surface area (Å²) in [5, 5.41) is 8.21. The van der Waals surface area contributed by atoms with E-state index < -0.39 is 11.3 Å². The molecule has 3 amide bonds. The zero-order chi connectivity index (χ0) is 20.0. The molecule has 0 aromatic heterocycles. The van der Waals surface area contributed by atoms with Gasteiger partial charge in [-0.25, -0.2) is 0 Å². The predicted molar refractivity (Wildman–Crippen MR) is 106 cm³/mol. The minimum absolute atomic E-state index is 0.168. The Morgan fingerprint density at radius 2 is 1.48 bits per heavy atom. The SMILES string of the molecule is CC(=O)Nc1ccc(NC(=O)C(C)(C)C(=O)NCc2cccc(C)c2)cc1. The van der Waals surface area contributed by atoms with Gasteiger partial charge in [0.1, 0.15) is 5.41 Å². The second-order valence-corrected chi connectivity index (χ2v) is 7.01. The van der Waals surface area contributed by atoms with Gasteiger partial charge in [-0.15, -0.1) is 0 Å². The fourth-order valence-corrected chi connectivity index (χ4v) is 2.46. The van der Waals surface area contributed by atoms with Crippen LogP contribution in [0.1, 0.15) is 31.9 Å². The van der Waals surface area contributed by atoms with Crippen molar-refractivity contribution < 1.29 is 14.4 Å². The van der Waals surface area contributed by atoms with E-state index in [2.05, 4.69) is 16.0 Å². The van der Waals surface area contributed by atoms with Gasteiger partial charge in [-0.1, -0.05) is 29.8 Å². The molecule has 0 heterocycles. The number of carbonyl (C=O) groups is 3. The number of benzene rings is 2. The highest BCUT2D eigenvalue weighted by Crippen LogP contribution is 2.21. The van der Waals surface area contributed by atoms with Crippen LogP contribution in [-0.2, 0) is 20.9 Å². The average molecular weight is 367 g/mol. The zero-order valence-corrected chi connectivity index (χ0v) is 16.1. The van der Waals surface area contributed by atoms with Gasteiger partial charge < -0.3 is 16.0 Å². The number of rotatable bonds is 6. The van der Waals surface area contributed by atoms with Gasteiger partial charge in [0.25, 0.3) is 0 Å². The van der Waals surface area contributed by atoms with Gasteiger partial charge >= 0.3 is 0 Å². The quantitative estimate of drug-likeness (QED) is 0.685. The minimum atomic E-state index is -1.24. The maximum atomic E-state index is 12.6. The van der Waals surface area contributed by atoms with Crippen LogP contribution in [0.15, 0.2) is 48.5 Å². The lowest BCUT2D eigenvalue weighted by Gasteiger charge is -2.23. The fourth-order valence-electron chi connectivity index (χ4n) is 2.46. The number of aryl methyl sites for hydroxylation is 1. The summed E-state index contributed by atoms with van der Waals surface area (Å²) in [5.74, 6) is -0.925. The van der Waals surface area contributed by atoms with E-state index in [-0.39, 0.29) is 11.8 Å². The monoisotopic (exact) mass is 367 g/mol. The molecular weight excluding hydrogens is 342 g/mol. The van der Waals surface area contributed by atoms with E-state index in [1.54, 1.807) is 38.1 Å². The van der Waals surface area contributed by atoms with Crippen LogP contribution >= 0.6 is 0 Å². The molecule has 2 aromatic carbocycles. The lowest BCUT2D eigenvalue weighted by Crippen LogP contribution is -2.44. The smallest absolute Gasteiger partial charge is 0.239 e. The highest BCUT2D eigenvalue weighted by Gasteiger charge is 2.35. The summed E-state index contributed by atoms with van der Waals surface area (Å²) in [6, 6.07) is 14.5. The summed E-state index contributed by atoms with van der Waals surface area (Å²) in [7, 11) is 0. The topological polar surface area (TPSA) is 87.3 Å². The van der Waals surface area contributed by atoms with Gasteiger partial charge in [-0.05, 0) is 50.6 Å². The first kappa shape index (κ1) is 20.2. The molecule has 0 unspecified atom stereocenters. The molecule has 0 bridgehead atoms. The van der Waals surface area contributed by atoms with Crippen molar-refractivity contribution in [3.05, 3.63) is 59.7 Å². The number of amides is 3. The van der Waals surface area contributed by atoms with Crippen molar-refractivity contribution in [2.45, 2.75) is 34.2 Å². The van der Waals surface area contributed by atoms with Crippen LogP contribution in [0, 0.1) is 12.3 Å². The van der Waals surface area contributed by atoms with Crippen molar-refractivity contribution in [2.24, 2.45) is 5.41 Å². The first-order chi connectivity index (χ1) is 12.7. The summed E-state index contributed by atoms with van der Waals surface area (Å²) in [6.45, 7) is 6.94. The van der Waals surface area contributed by atoms with Crippen LogP contribution < -0.4 is 16.0 Å². The first-order valence-electron chi connectivity index (χ1n) is 8.71. The van der Waals surface area contributed by atoms with E-state index in [1.807, 2.05) is 31.2 Å². The Kier molecular flexibility index (Phi) is 6.34. The molecule has 0 saturated carbocycles.